The summed E-state index contributed by atoms with van der Waals surface area (Å²) in [5, 5.41) is 36.2. The van der Waals surface area contributed by atoms with Crippen LogP contribution in [0.1, 0.15) is 29.0 Å². The summed E-state index contributed by atoms with van der Waals surface area (Å²) in [6, 6.07) is 13.0. The van der Waals surface area contributed by atoms with Gasteiger partial charge in [0.15, 0.2) is 5.82 Å². The number of nitro benzene ring substituents is 1. The zero-order valence-electron chi connectivity index (χ0n) is 22.4. The molecule has 3 amide bonds. The molecule has 1 aromatic heterocycles. The minimum atomic E-state index is -1.34. The van der Waals surface area contributed by atoms with Crippen molar-refractivity contribution >= 4 is 34.8 Å². The lowest BCUT2D eigenvalue weighted by molar-refractivity contribution is -0.385. The molecule has 0 spiro atoms. The average Bonchev–Trinajstić information content (AvgIpc) is 3.32. The van der Waals surface area contributed by atoms with E-state index in [2.05, 4.69) is 20.9 Å². The minimum Gasteiger partial charge on any atom is -0.465 e. The molecule has 0 aliphatic heterocycles. The standard InChI is InChI=1S/C28H26F2N6O7/c29-19-6-3-16(4-7-19)17-5-10-24-23(13-17)34-25(35(24)15-18-12-21(36(42)43)8-9-22(18)30)26(37)32-14-20(33-28(40)41)2-1-11-31-27(38)39/h3-10,12-13,20,31,33H,1-2,11,14-15H2,(H,32,37)(H,38,39)(H,40,41). The fraction of sp³-hybridized carbons (Fsp3) is 0.214. The van der Waals surface area contributed by atoms with E-state index in [1.807, 2.05) is 0 Å². The van der Waals surface area contributed by atoms with Crippen LogP contribution in [-0.2, 0) is 6.54 Å². The van der Waals surface area contributed by atoms with Gasteiger partial charge in [0.1, 0.15) is 11.6 Å². The molecular formula is C28H26F2N6O7. The van der Waals surface area contributed by atoms with Crippen LogP contribution in [0.2, 0.25) is 0 Å². The molecule has 0 bridgehead atoms. The van der Waals surface area contributed by atoms with Crippen LogP contribution >= 0.6 is 0 Å². The molecule has 0 aliphatic rings. The first-order valence-corrected chi connectivity index (χ1v) is 13.0. The van der Waals surface area contributed by atoms with Crippen LogP contribution < -0.4 is 16.0 Å². The third kappa shape index (κ3) is 7.78. The number of fused-ring (bicyclic) bond motifs is 1. The van der Waals surface area contributed by atoms with E-state index in [4.69, 9.17) is 5.11 Å². The normalized spacial score (nSPS) is 11.6. The van der Waals surface area contributed by atoms with E-state index in [0.29, 0.717) is 22.2 Å². The highest BCUT2D eigenvalue weighted by Gasteiger charge is 2.22. The van der Waals surface area contributed by atoms with Gasteiger partial charge in [0.2, 0.25) is 0 Å². The monoisotopic (exact) mass is 596 g/mol. The van der Waals surface area contributed by atoms with Gasteiger partial charge < -0.3 is 30.7 Å². The Hall–Kier alpha value is -5.60. The lowest BCUT2D eigenvalue weighted by Gasteiger charge is -2.18. The number of carbonyl (C=O) groups is 3. The highest BCUT2D eigenvalue weighted by molar-refractivity contribution is 5.95. The maximum atomic E-state index is 14.8. The summed E-state index contributed by atoms with van der Waals surface area (Å²) < 4.78 is 29.6. The molecule has 1 atom stereocenters. The number of hydrogen-bond acceptors (Lipinski definition) is 6. The number of carboxylic acid groups (broad SMARTS) is 2. The second-order valence-corrected chi connectivity index (χ2v) is 9.50. The number of benzene rings is 3. The Bertz CT molecular complexity index is 1680. The van der Waals surface area contributed by atoms with Crippen molar-refractivity contribution in [2.75, 3.05) is 13.1 Å². The summed E-state index contributed by atoms with van der Waals surface area (Å²) in [5.74, 6) is -2.05. The van der Waals surface area contributed by atoms with Gasteiger partial charge in [0.05, 0.1) is 22.5 Å². The molecule has 0 saturated carbocycles. The number of nitrogens with one attached hydrogen (secondary N) is 3. The molecule has 1 unspecified atom stereocenters. The Balaban J connectivity index is 1.66. The maximum Gasteiger partial charge on any atom is 0.404 e. The Kier molecular flexibility index (Phi) is 9.44. The van der Waals surface area contributed by atoms with Crippen molar-refractivity contribution in [3.63, 3.8) is 0 Å². The number of carbonyl (C=O) groups excluding carboxylic acids is 1. The summed E-state index contributed by atoms with van der Waals surface area (Å²) in [5.41, 5.74) is 1.66. The predicted octanol–water partition coefficient (Wildman–Crippen LogP) is 4.35. The highest BCUT2D eigenvalue weighted by Crippen LogP contribution is 2.27. The van der Waals surface area contributed by atoms with Crippen LogP contribution in [0.3, 0.4) is 0 Å². The molecular weight excluding hydrogens is 570 g/mol. The van der Waals surface area contributed by atoms with Crippen molar-refractivity contribution in [3.05, 3.63) is 93.8 Å². The SMILES string of the molecule is O=C(O)NCCCC(CNC(=O)c1nc2cc(-c3ccc(F)cc3)ccc2n1Cc1cc([N+](=O)[O-])ccc1F)NC(=O)O. The molecule has 43 heavy (non-hydrogen) atoms. The number of non-ortho nitro benzene ring substituents is 1. The summed E-state index contributed by atoms with van der Waals surface area (Å²) in [6.45, 7) is -0.393. The summed E-state index contributed by atoms with van der Waals surface area (Å²) in [4.78, 5) is 50.4. The second kappa shape index (κ2) is 13.4. The van der Waals surface area contributed by atoms with Crippen molar-refractivity contribution in [2.45, 2.75) is 25.4 Å². The van der Waals surface area contributed by atoms with Crippen LogP contribution in [0.5, 0.6) is 0 Å². The van der Waals surface area contributed by atoms with Gasteiger partial charge in [-0.05, 0) is 54.3 Å². The molecule has 13 nitrogen and oxygen atoms in total. The van der Waals surface area contributed by atoms with Crippen LogP contribution in [0, 0.1) is 21.7 Å². The lowest BCUT2D eigenvalue weighted by atomic mass is 10.1. The lowest BCUT2D eigenvalue weighted by Crippen LogP contribution is -2.44. The number of halogens is 2. The van der Waals surface area contributed by atoms with Crippen molar-refractivity contribution < 1.29 is 38.3 Å². The molecule has 15 heteroatoms. The van der Waals surface area contributed by atoms with Gasteiger partial charge in [-0.2, -0.15) is 0 Å². The Morgan fingerprint density at radius 2 is 1.67 bits per heavy atom. The number of amides is 3. The van der Waals surface area contributed by atoms with Gasteiger partial charge in [-0.3, -0.25) is 14.9 Å². The van der Waals surface area contributed by atoms with Crippen molar-refractivity contribution in [1.29, 1.82) is 0 Å². The molecule has 0 fully saturated rings. The predicted molar refractivity (Wildman–Crippen MR) is 150 cm³/mol. The second-order valence-electron chi connectivity index (χ2n) is 9.50. The number of hydrogen-bond donors (Lipinski definition) is 5. The molecule has 1 heterocycles. The van der Waals surface area contributed by atoms with E-state index in [-0.39, 0.29) is 49.6 Å². The molecule has 0 radical (unpaired) electrons. The van der Waals surface area contributed by atoms with Gasteiger partial charge in [-0.25, -0.2) is 23.4 Å². The van der Waals surface area contributed by atoms with Crippen LogP contribution in [0.15, 0.2) is 60.7 Å². The summed E-state index contributed by atoms with van der Waals surface area (Å²) in [6.07, 6.45) is -2.09. The summed E-state index contributed by atoms with van der Waals surface area (Å²) >= 11 is 0. The molecule has 5 N–H and O–H groups in total. The number of rotatable bonds is 12. The van der Waals surface area contributed by atoms with Crippen molar-refractivity contribution in [1.82, 2.24) is 25.5 Å². The van der Waals surface area contributed by atoms with Gasteiger partial charge in [0.25, 0.3) is 11.6 Å². The summed E-state index contributed by atoms with van der Waals surface area (Å²) in [7, 11) is 0. The average molecular weight is 597 g/mol. The van der Waals surface area contributed by atoms with E-state index < -0.39 is 40.7 Å². The number of imidazole rings is 1. The van der Waals surface area contributed by atoms with E-state index >= 15 is 0 Å². The quantitative estimate of drug-likeness (QED) is 0.0906. The minimum absolute atomic E-state index is 0.0680. The maximum absolute atomic E-state index is 14.8. The number of aromatic nitrogens is 2. The van der Waals surface area contributed by atoms with Crippen LogP contribution in [-0.4, -0.2) is 61.9 Å². The first-order chi connectivity index (χ1) is 20.5. The number of nitro groups is 1. The molecule has 4 rings (SSSR count). The third-order valence-corrected chi connectivity index (χ3v) is 6.54. The number of nitrogens with zero attached hydrogens (tertiary/aromatic N) is 3. The Morgan fingerprint density at radius 1 is 0.953 bits per heavy atom. The fourth-order valence-electron chi connectivity index (χ4n) is 4.49. The van der Waals surface area contributed by atoms with Crippen molar-refractivity contribution in [2.24, 2.45) is 0 Å². The Labute approximate surface area is 242 Å². The van der Waals surface area contributed by atoms with E-state index in [1.54, 1.807) is 30.3 Å². The molecule has 0 aliphatic carbocycles. The first-order valence-electron chi connectivity index (χ1n) is 13.0. The van der Waals surface area contributed by atoms with Crippen LogP contribution in [0.4, 0.5) is 24.1 Å². The van der Waals surface area contributed by atoms with Gasteiger partial charge in [-0.15, -0.1) is 0 Å². The molecule has 224 valence electrons. The molecule has 0 saturated heterocycles. The van der Waals surface area contributed by atoms with Gasteiger partial charge in [0, 0.05) is 36.8 Å². The smallest absolute Gasteiger partial charge is 0.404 e. The van der Waals surface area contributed by atoms with Gasteiger partial charge >= 0.3 is 12.2 Å². The first kappa shape index (κ1) is 30.4. The Morgan fingerprint density at radius 3 is 2.35 bits per heavy atom. The van der Waals surface area contributed by atoms with Crippen LogP contribution in [0.25, 0.3) is 22.2 Å². The van der Waals surface area contributed by atoms with E-state index in [9.17, 15) is 38.4 Å². The topological polar surface area (TPSA) is 189 Å². The van der Waals surface area contributed by atoms with Gasteiger partial charge in [-0.1, -0.05) is 18.2 Å². The zero-order valence-corrected chi connectivity index (χ0v) is 22.4. The fourth-order valence-corrected chi connectivity index (χ4v) is 4.49. The molecule has 4 aromatic rings. The third-order valence-electron chi connectivity index (χ3n) is 6.54. The van der Waals surface area contributed by atoms with E-state index in [0.717, 1.165) is 18.2 Å². The largest absolute Gasteiger partial charge is 0.465 e. The van der Waals surface area contributed by atoms with E-state index in [1.165, 1.54) is 16.7 Å². The van der Waals surface area contributed by atoms with Crippen molar-refractivity contribution in [3.8, 4) is 11.1 Å². The highest BCUT2D eigenvalue weighted by atomic mass is 19.1. The molecule has 3 aromatic carbocycles. The zero-order chi connectivity index (χ0) is 31.1.